The van der Waals surface area contributed by atoms with E-state index < -0.39 is 80.4 Å². The van der Waals surface area contributed by atoms with Crippen molar-refractivity contribution in [3.8, 4) is 0 Å². The lowest BCUT2D eigenvalue weighted by Crippen LogP contribution is -2.60. The third-order valence-electron chi connectivity index (χ3n) is 5.37. The molecule has 0 aromatic carbocycles. The molecule has 8 N–H and O–H groups in total. The number of hydrogen-bond donors (Lipinski definition) is 8. The third-order valence-corrected chi connectivity index (χ3v) is 5.37. The SMILES string of the molecule is OCC1O[C@H](O[C@@H]2CN3[C@H]([C@H]2O)[C@@H](O)[C@H](O)[C@H]3CO)[C@@H](O)C(O)[C@@H]1O. The van der Waals surface area contributed by atoms with Crippen molar-refractivity contribution < 1.29 is 50.3 Å². The average Bonchev–Trinajstić information content (AvgIpc) is 3.03. The van der Waals surface area contributed by atoms with Gasteiger partial charge in [-0.25, -0.2) is 0 Å². The van der Waals surface area contributed by atoms with E-state index in [2.05, 4.69) is 0 Å². The van der Waals surface area contributed by atoms with Crippen LogP contribution < -0.4 is 0 Å². The quantitative estimate of drug-likeness (QED) is 0.237. The molecule has 3 aliphatic rings. The highest BCUT2D eigenvalue weighted by molar-refractivity contribution is 5.10. The summed E-state index contributed by atoms with van der Waals surface area (Å²) < 4.78 is 10.8. The predicted octanol–water partition coefficient (Wildman–Crippen LogP) is -5.69. The summed E-state index contributed by atoms with van der Waals surface area (Å²) in [5.41, 5.74) is 0. The molecule has 0 saturated carbocycles. The van der Waals surface area contributed by atoms with Crippen LogP contribution in [0.5, 0.6) is 0 Å². The standard InChI is InChI=1S/C14H25NO10/c16-2-4-8(18)11(21)7-9(19)5(1-15(4)7)24-14-13(23)12(22)10(20)6(3-17)25-14/h4-14,16-23H,1-3H2/t4-,5-,6?,7-,8-,9+,10-,11-,12?,13+,14+/m1/s1. The molecule has 0 aliphatic carbocycles. The number of aliphatic hydroxyl groups is 8. The van der Waals surface area contributed by atoms with Crippen LogP contribution >= 0.6 is 0 Å². The summed E-state index contributed by atoms with van der Waals surface area (Å²) in [6.45, 7) is -0.987. The maximum atomic E-state index is 10.4. The fraction of sp³-hybridized carbons (Fsp3) is 1.00. The van der Waals surface area contributed by atoms with Crippen LogP contribution in [0.2, 0.25) is 0 Å². The van der Waals surface area contributed by atoms with Crippen molar-refractivity contribution in [1.82, 2.24) is 4.90 Å². The number of fused-ring (bicyclic) bond motifs is 1. The van der Waals surface area contributed by atoms with Gasteiger partial charge >= 0.3 is 0 Å². The minimum atomic E-state index is -1.61. The first kappa shape index (κ1) is 19.3. The van der Waals surface area contributed by atoms with E-state index in [0.717, 1.165) is 0 Å². The van der Waals surface area contributed by atoms with E-state index in [4.69, 9.17) is 9.47 Å². The highest BCUT2D eigenvalue weighted by Crippen LogP contribution is 2.36. The number of nitrogens with zero attached hydrogens (tertiary/aromatic N) is 1. The van der Waals surface area contributed by atoms with Gasteiger partial charge in [-0.1, -0.05) is 0 Å². The summed E-state index contributed by atoms with van der Waals surface area (Å²) in [6, 6.07) is -1.62. The molecule has 3 rings (SSSR count). The van der Waals surface area contributed by atoms with Crippen molar-refractivity contribution in [1.29, 1.82) is 0 Å². The Kier molecular flexibility index (Phi) is 5.63. The van der Waals surface area contributed by atoms with Crippen molar-refractivity contribution in [3.63, 3.8) is 0 Å². The smallest absolute Gasteiger partial charge is 0.187 e. The summed E-state index contributed by atoms with van der Waals surface area (Å²) in [4.78, 5) is 1.52. The van der Waals surface area contributed by atoms with E-state index in [9.17, 15) is 40.9 Å². The van der Waals surface area contributed by atoms with Gasteiger partial charge in [-0.05, 0) is 0 Å². The first-order valence-corrected chi connectivity index (χ1v) is 8.18. The van der Waals surface area contributed by atoms with Gasteiger partial charge in [0.1, 0.15) is 30.5 Å². The average molecular weight is 367 g/mol. The molecule has 0 amide bonds. The van der Waals surface area contributed by atoms with Crippen molar-refractivity contribution in [2.75, 3.05) is 19.8 Å². The molecule has 0 spiro atoms. The van der Waals surface area contributed by atoms with Crippen LogP contribution in [-0.4, -0.2) is 133 Å². The lowest BCUT2D eigenvalue weighted by molar-refractivity contribution is -0.314. The van der Waals surface area contributed by atoms with Crippen LogP contribution in [0.1, 0.15) is 0 Å². The van der Waals surface area contributed by atoms with Crippen LogP contribution in [-0.2, 0) is 9.47 Å². The molecule has 3 aliphatic heterocycles. The van der Waals surface area contributed by atoms with Crippen molar-refractivity contribution in [2.45, 2.75) is 67.2 Å². The number of hydrogen-bond acceptors (Lipinski definition) is 11. The summed E-state index contributed by atoms with van der Waals surface area (Å²) in [6.07, 6.45) is -12.0. The van der Waals surface area contributed by atoms with Crippen LogP contribution in [0.4, 0.5) is 0 Å². The van der Waals surface area contributed by atoms with E-state index in [1.807, 2.05) is 0 Å². The van der Waals surface area contributed by atoms with Gasteiger partial charge in [0, 0.05) is 6.54 Å². The second-order valence-electron chi connectivity index (χ2n) is 6.78. The minimum absolute atomic E-state index is 0.0419. The van der Waals surface area contributed by atoms with Gasteiger partial charge in [-0.3, -0.25) is 4.90 Å². The number of rotatable bonds is 4. The first-order valence-electron chi connectivity index (χ1n) is 8.18. The largest absolute Gasteiger partial charge is 0.395 e. The Bertz CT molecular complexity index is 467. The second kappa shape index (κ2) is 7.29. The highest BCUT2D eigenvalue weighted by Gasteiger charge is 2.58. The Morgan fingerprint density at radius 3 is 2.08 bits per heavy atom. The lowest BCUT2D eigenvalue weighted by Gasteiger charge is -2.40. The highest BCUT2D eigenvalue weighted by atomic mass is 16.7. The molecular formula is C14H25NO10. The fourth-order valence-electron chi connectivity index (χ4n) is 3.92. The molecule has 11 nitrogen and oxygen atoms in total. The van der Waals surface area contributed by atoms with Crippen LogP contribution in [0.3, 0.4) is 0 Å². The molecule has 0 aromatic heterocycles. The zero-order valence-corrected chi connectivity index (χ0v) is 13.3. The van der Waals surface area contributed by atoms with Gasteiger partial charge in [0.15, 0.2) is 6.29 Å². The molecule has 0 radical (unpaired) electrons. The summed E-state index contributed by atoms with van der Waals surface area (Å²) >= 11 is 0. The second-order valence-corrected chi connectivity index (χ2v) is 6.78. The van der Waals surface area contributed by atoms with E-state index in [-0.39, 0.29) is 6.54 Å². The molecule has 2 unspecified atom stereocenters. The zero-order valence-electron chi connectivity index (χ0n) is 13.3. The van der Waals surface area contributed by atoms with Gasteiger partial charge in [0.25, 0.3) is 0 Å². The normalized spacial score (nSPS) is 54.0. The maximum Gasteiger partial charge on any atom is 0.187 e. The Hall–Kier alpha value is -0.440. The van der Waals surface area contributed by atoms with E-state index >= 15 is 0 Å². The van der Waals surface area contributed by atoms with E-state index in [1.54, 1.807) is 0 Å². The molecule has 25 heavy (non-hydrogen) atoms. The van der Waals surface area contributed by atoms with E-state index in [1.165, 1.54) is 4.90 Å². The lowest BCUT2D eigenvalue weighted by atomic mass is 9.99. The van der Waals surface area contributed by atoms with Gasteiger partial charge in [-0.2, -0.15) is 0 Å². The molecule has 3 fully saturated rings. The molecule has 11 atom stereocenters. The number of ether oxygens (including phenoxy) is 2. The molecule has 11 heteroatoms. The summed E-state index contributed by atoms with van der Waals surface area (Å²) in [7, 11) is 0. The predicted molar refractivity (Wildman–Crippen MR) is 78.0 cm³/mol. The Balaban J connectivity index is 1.70. The maximum absolute atomic E-state index is 10.4. The zero-order chi connectivity index (χ0) is 18.5. The first-order chi connectivity index (χ1) is 11.8. The van der Waals surface area contributed by atoms with E-state index in [0.29, 0.717) is 0 Å². The van der Waals surface area contributed by atoms with Crippen LogP contribution in [0, 0.1) is 0 Å². The minimum Gasteiger partial charge on any atom is -0.395 e. The van der Waals surface area contributed by atoms with Crippen molar-refractivity contribution >= 4 is 0 Å². The Labute approximate surface area is 143 Å². The molecule has 3 saturated heterocycles. The van der Waals surface area contributed by atoms with Crippen molar-refractivity contribution in [2.24, 2.45) is 0 Å². The Morgan fingerprint density at radius 2 is 1.48 bits per heavy atom. The molecular weight excluding hydrogens is 342 g/mol. The molecule has 146 valence electrons. The van der Waals surface area contributed by atoms with Crippen LogP contribution in [0.15, 0.2) is 0 Å². The van der Waals surface area contributed by atoms with Crippen molar-refractivity contribution in [3.05, 3.63) is 0 Å². The molecule has 0 aromatic rings. The molecule has 0 bridgehead atoms. The number of aliphatic hydroxyl groups excluding tert-OH is 8. The summed E-state index contributed by atoms with van der Waals surface area (Å²) in [5.74, 6) is 0. The van der Waals surface area contributed by atoms with Gasteiger partial charge in [-0.15, -0.1) is 0 Å². The third kappa shape index (κ3) is 3.09. The van der Waals surface area contributed by atoms with Crippen LogP contribution in [0.25, 0.3) is 0 Å². The monoisotopic (exact) mass is 367 g/mol. The summed E-state index contributed by atoms with van der Waals surface area (Å²) in [5, 5.41) is 78.5. The van der Waals surface area contributed by atoms with Gasteiger partial charge in [0.05, 0.1) is 43.6 Å². The Morgan fingerprint density at radius 1 is 0.800 bits per heavy atom. The van der Waals surface area contributed by atoms with Gasteiger partial charge in [0.2, 0.25) is 0 Å². The van der Waals surface area contributed by atoms with Gasteiger partial charge < -0.3 is 50.3 Å². The topological polar surface area (TPSA) is 184 Å². The fourth-order valence-corrected chi connectivity index (χ4v) is 3.92. The molecule has 3 heterocycles.